The number of thioether (sulfide) groups is 1. The number of rotatable bonds is 3. The summed E-state index contributed by atoms with van der Waals surface area (Å²) in [6.45, 7) is 8.41. The van der Waals surface area contributed by atoms with Gasteiger partial charge in [-0.1, -0.05) is 27.7 Å². The van der Waals surface area contributed by atoms with Gasteiger partial charge >= 0.3 is 0 Å². The molecule has 0 spiro atoms. The van der Waals surface area contributed by atoms with Crippen molar-refractivity contribution in [3.8, 4) is 0 Å². The highest BCUT2D eigenvalue weighted by Crippen LogP contribution is 1.98. The van der Waals surface area contributed by atoms with Gasteiger partial charge < -0.3 is 0 Å². The molecule has 52 valence electrons. The van der Waals surface area contributed by atoms with E-state index in [2.05, 4.69) is 13.8 Å². The van der Waals surface area contributed by atoms with Gasteiger partial charge in [-0.3, -0.25) is 0 Å². The zero-order valence-electron chi connectivity index (χ0n) is 6.53. The van der Waals surface area contributed by atoms with E-state index in [0.29, 0.717) is 0 Å². The number of hydrogen-bond acceptors (Lipinski definition) is 1. The van der Waals surface area contributed by atoms with Crippen molar-refractivity contribution >= 4 is 11.8 Å². The summed E-state index contributed by atoms with van der Waals surface area (Å²) in [4.78, 5) is 0. The molecule has 0 rings (SSSR count). The molecule has 0 aromatic carbocycles. The molecule has 0 aromatic heterocycles. The average molecular weight is 134 g/mol. The van der Waals surface area contributed by atoms with Crippen LogP contribution in [0.4, 0.5) is 0 Å². The smallest absolute Gasteiger partial charge is 0.00703 e. The molecule has 0 heterocycles. The van der Waals surface area contributed by atoms with Crippen molar-refractivity contribution in [3.05, 3.63) is 0 Å². The molecular formula is C7H18S. The van der Waals surface area contributed by atoms with Crippen molar-refractivity contribution < 1.29 is 0 Å². The lowest BCUT2D eigenvalue weighted by Gasteiger charge is -1.87. The normalized spacial score (nSPS) is 7.50. The molecule has 0 aliphatic heterocycles. The van der Waals surface area contributed by atoms with Gasteiger partial charge in [0.15, 0.2) is 0 Å². The highest BCUT2D eigenvalue weighted by Gasteiger charge is 1.74. The van der Waals surface area contributed by atoms with Crippen LogP contribution in [0.15, 0.2) is 0 Å². The van der Waals surface area contributed by atoms with Gasteiger partial charge in [0.05, 0.1) is 0 Å². The summed E-state index contributed by atoms with van der Waals surface area (Å²) >= 11 is 2.01. The van der Waals surface area contributed by atoms with Crippen LogP contribution in [-0.2, 0) is 0 Å². The van der Waals surface area contributed by atoms with Crippen LogP contribution in [-0.4, -0.2) is 11.5 Å². The molecule has 0 N–H and O–H groups in total. The monoisotopic (exact) mass is 134 g/mol. The van der Waals surface area contributed by atoms with Gasteiger partial charge in [0.1, 0.15) is 0 Å². The summed E-state index contributed by atoms with van der Waals surface area (Å²) in [5.41, 5.74) is 0. The Morgan fingerprint density at radius 3 is 1.75 bits per heavy atom. The van der Waals surface area contributed by atoms with Crippen molar-refractivity contribution in [2.45, 2.75) is 34.1 Å². The van der Waals surface area contributed by atoms with Crippen molar-refractivity contribution in [3.63, 3.8) is 0 Å². The van der Waals surface area contributed by atoms with E-state index in [9.17, 15) is 0 Å². The number of hydrogen-bond donors (Lipinski definition) is 0. The maximum Gasteiger partial charge on any atom is -0.00703 e. The second-order valence-electron chi connectivity index (χ2n) is 1.20. The van der Waals surface area contributed by atoms with Crippen LogP contribution >= 0.6 is 11.8 Å². The quantitative estimate of drug-likeness (QED) is 0.534. The van der Waals surface area contributed by atoms with Crippen LogP contribution in [0.3, 0.4) is 0 Å². The summed E-state index contributed by atoms with van der Waals surface area (Å²) in [6.07, 6.45) is 1.32. The van der Waals surface area contributed by atoms with E-state index in [1.54, 1.807) is 0 Å². The molecule has 0 unspecified atom stereocenters. The van der Waals surface area contributed by atoms with E-state index in [1.807, 2.05) is 25.6 Å². The zero-order chi connectivity index (χ0) is 6.83. The second kappa shape index (κ2) is 15.7. The molecule has 0 fully saturated rings. The molecule has 0 nitrogen and oxygen atoms in total. The summed E-state index contributed by atoms with van der Waals surface area (Å²) in [5, 5.41) is 0. The van der Waals surface area contributed by atoms with Crippen LogP contribution in [0.5, 0.6) is 0 Å². The molecule has 0 amide bonds. The van der Waals surface area contributed by atoms with Gasteiger partial charge in [0.2, 0.25) is 0 Å². The molecule has 0 saturated heterocycles. The SMILES string of the molecule is CC.CCCSCC. The fraction of sp³-hybridized carbons (Fsp3) is 1.00. The molecule has 0 aromatic rings. The lowest BCUT2D eigenvalue weighted by atomic mass is 10.6. The Hall–Kier alpha value is 0.350. The largest absolute Gasteiger partial charge is 0.162 e. The standard InChI is InChI=1S/C5H12S.C2H6/c1-3-5-6-4-2;1-2/h3-5H2,1-2H3;1-2H3. The Balaban J connectivity index is 0. The molecule has 0 saturated carbocycles. The third kappa shape index (κ3) is 16.2. The topological polar surface area (TPSA) is 0 Å². The van der Waals surface area contributed by atoms with Gasteiger partial charge in [-0.15, -0.1) is 0 Å². The first-order valence-corrected chi connectivity index (χ1v) is 4.65. The highest BCUT2D eigenvalue weighted by molar-refractivity contribution is 7.99. The molecule has 0 bridgehead atoms. The minimum absolute atomic E-state index is 1.27. The lowest BCUT2D eigenvalue weighted by Crippen LogP contribution is -1.71. The Labute approximate surface area is 58.1 Å². The molecule has 0 aliphatic rings. The Morgan fingerprint density at radius 2 is 1.62 bits per heavy atom. The minimum atomic E-state index is 1.27. The summed E-state index contributed by atoms with van der Waals surface area (Å²) in [7, 11) is 0. The molecule has 1 heteroatoms. The van der Waals surface area contributed by atoms with E-state index >= 15 is 0 Å². The zero-order valence-corrected chi connectivity index (χ0v) is 7.35. The maximum absolute atomic E-state index is 2.21. The second-order valence-corrected chi connectivity index (χ2v) is 2.59. The summed E-state index contributed by atoms with van der Waals surface area (Å²) in [5.74, 6) is 2.60. The van der Waals surface area contributed by atoms with Crippen LogP contribution < -0.4 is 0 Å². The Morgan fingerprint density at radius 1 is 1.12 bits per heavy atom. The third-order valence-corrected chi connectivity index (χ3v) is 1.66. The van der Waals surface area contributed by atoms with E-state index in [1.165, 1.54) is 17.9 Å². The molecule has 0 atom stereocenters. The van der Waals surface area contributed by atoms with Gasteiger partial charge in [-0.2, -0.15) is 11.8 Å². The first-order chi connectivity index (χ1) is 3.91. The lowest BCUT2D eigenvalue weighted by molar-refractivity contribution is 1.11. The predicted molar refractivity (Wildman–Crippen MR) is 44.6 cm³/mol. The molecular weight excluding hydrogens is 116 g/mol. The fourth-order valence-electron chi connectivity index (χ4n) is 0.289. The molecule has 0 radical (unpaired) electrons. The van der Waals surface area contributed by atoms with Crippen molar-refractivity contribution in [2.75, 3.05) is 11.5 Å². The van der Waals surface area contributed by atoms with E-state index < -0.39 is 0 Å². The Bertz CT molecular complexity index is 16.3. The van der Waals surface area contributed by atoms with Crippen LogP contribution in [0.25, 0.3) is 0 Å². The van der Waals surface area contributed by atoms with Crippen LogP contribution in [0.1, 0.15) is 34.1 Å². The fourth-order valence-corrected chi connectivity index (χ4v) is 0.866. The first-order valence-electron chi connectivity index (χ1n) is 3.49. The van der Waals surface area contributed by atoms with Crippen LogP contribution in [0.2, 0.25) is 0 Å². The first kappa shape index (κ1) is 11.2. The van der Waals surface area contributed by atoms with Gasteiger partial charge in [0.25, 0.3) is 0 Å². The summed E-state index contributed by atoms with van der Waals surface area (Å²) in [6, 6.07) is 0. The van der Waals surface area contributed by atoms with E-state index in [-0.39, 0.29) is 0 Å². The van der Waals surface area contributed by atoms with Gasteiger partial charge in [0, 0.05) is 0 Å². The van der Waals surface area contributed by atoms with E-state index in [4.69, 9.17) is 0 Å². The highest BCUT2D eigenvalue weighted by atomic mass is 32.2. The van der Waals surface area contributed by atoms with Gasteiger partial charge in [-0.25, -0.2) is 0 Å². The molecule has 8 heavy (non-hydrogen) atoms. The molecule has 0 aliphatic carbocycles. The average Bonchev–Trinajstić information content (AvgIpc) is 1.88. The summed E-state index contributed by atoms with van der Waals surface area (Å²) < 4.78 is 0. The van der Waals surface area contributed by atoms with Crippen molar-refractivity contribution in [1.29, 1.82) is 0 Å². The maximum atomic E-state index is 2.21. The van der Waals surface area contributed by atoms with Crippen molar-refractivity contribution in [2.24, 2.45) is 0 Å². The third-order valence-electron chi connectivity index (χ3n) is 0.553. The van der Waals surface area contributed by atoms with E-state index in [0.717, 1.165) is 0 Å². The Kier molecular flexibility index (Phi) is 21.9. The van der Waals surface area contributed by atoms with Crippen molar-refractivity contribution in [1.82, 2.24) is 0 Å². The minimum Gasteiger partial charge on any atom is -0.162 e. The predicted octanol–water partition coefficient (Wildman–Crippen LogP) is 3.18. The van der Waals surface area contributed by atoms with Gasteiger partial charge in [-0.05, 0) is 17.9 Å². The van der Waals surface area contributed by atoms with Crippen LogP contribution in [0, 0.1) is 0 Å².